The fraction of sp³-hybridized carbons (Fsp3) is 0.783. The molecule has 0 bridgehead atoms. The van der Waals surface area contributed by atoms with Gasteiger partial charge in [-0.2, -0.15) is 0 Å². The maximum Gasteiger partial charge on any atom is 0.410 e. The van der Waals surface area contributed by atoms with E-state index in [0.29, 0.717) is 31.1 Å². The summed E-state index contributed by atoms with van der Waals surface area (Å²) in [5.41, 5.74) is -0.0786. The lowest BCUT2D eigenvalue weighted by atomic mass is 9.86. The Kier molecular flexibility index (Phi) is 7.44. The average molecular weight is 499 g/mol. The van der Waals surface area contributed by atoms with Gasteiger partial charge in [-0.3, -0.25) is 0 Å². The number of piperidine rings is 1. The topological polar surface area (TPSA) is 111 Å². The minimum atomic E-state index is -3.44. The standard InChI is InChI=1S/C23H35FN4O5S/c1-4-34(30,31)27-19-6-5-9-28(22(29)33-15(2)3)20(19)14-32-18-7-8-23(11-16(23)10-18)21-25-12-17(24)13-26-21/h12-13,15-16,18-20,27H,4-11,14H2,1-3H3/t16?,18?,19-,20-,23+/m0/s1. The third kappa shape index (κ3) is 5.52. The van der Waals surface area contributed by atoms with Crippen LogP contribution in [0.1, 0.15) is 65.1 Å². The summed E-state index contributed by atoms with van der Waals surface area (Å²) in [6.07, 6.45) is 6.55. The first kappa shape index (κ1) is 25.2. The first-order valence-corrected chi connectivity index (χ1v) is 13.9. The van der Waals surface area contributed by atoms with Crippen molar-refractivity contribution in [2.45, 2.75) is 89.0 Å². The molecule has 1 aromatic rings. The Morgan fingerprint density at radius 3 is 2.71 bits per heavy atom. The van der Waals surface area contributed by atoms with Crippen LogP contribution in [0.15, 0.2) is 12.4 Å². The van der Waals surface area contributed by atoms with E-state index in [9.17, 15) is 17.6 Å². The van der Waals surface area contributed by atoms with E-state index in [2.05, 4.69) is 14.7 Å². The molecule has 2 unspecified atom stereocenters. The highest BCUT2D eigenvalue weighted by Gasteiger charge is 2.60. The number of likely N-dealkylation sites (tertiary alicyclic amines) is 1. The molecule has 34 heavy (non-hydrogen) atoms. The number of carbonyl (C=O) groups is 1. The fourth-order valence-corrected chi connectivity index (χ4v) is 6.30. The minimum Gasteiger partial charge on any atom is -0.447 e. The van der Waals surface area contributed by atoms with E-state index in [4.69, 9.17) is 9.47 Å². The van der Waals surface area contributed by atoms with Gasteiger partial charge in [-0.15, -0.1) is 0 Å². The number of halogens is 1. The van der Waals surface area contributed by atoms with E-state index in [1.165, 1.54) is 12.4 Å². The Hall–Kier alpha value is -1.85. The van der Waals surface area contributed by atoms with Crippen LogP contribution in [-0.4, -0.2) is 72.6 Å². The van der Waals surface area contributed by atoms with Crippen LogP contribution >= 0.6 is 0 Å². The average Bonchev–Trinajstić information content (AvgIpc) is 3.52. The minimum absolute atomic E-state index is 0.00870. The fourth-order valence-electron chi connectivity index (χ4n) is 5.40. The Balaban J connectivity index is 1.40. The summed E-state index contributed by atoms with van der Waals surface area (Å²) in [5, 5.41) is 0. The van der Waals surface area contributed by atoms with E-state index < -0.39 is 34.0 Å². The smallest absolute Gasteiger partial charge is 0.410 e. The van der Waals surface area contributed by atoms with Gasteiger partial charge < -0.3 is 14.4 Å². The van der Waals surface area contributed by atoms with Crippen molar-refractivity contribution in [2.24, 2.45) is 5.92 Å². The highest BCUT2D eigenvalue weighted by atomic mass is 32.2. The highest BCUT2D eigenvalue weighted by molar-refractivity contribution is 7.89. The third-order valence-electron chi connectivity index (χ3n) is 7.32. The molecule has 190 valence electrons. The number of aromatic nitrogens is 2. The normalized spacial score (nSPS) is 31.3. The van der Waals surface area contributed by atoms with Crippen molar-refractivity contribution in [2.75, 3.05) is 18.9 Å². The number of sulfonamides is 1. The van der Waals surface area contributed by atoms with Gasteiger partial charge in [0.2, 0.25) is 10.0 Å². The first-order valence-electron chi connectivity index (χ1n) is 12.2. The lowest BCUT2D eigenvalue weighted by Crippen LogP contribution is -2.59. The van der Waals surface area contributed by atoms with E-state index in [1.54, 1.807) is 25.7 Å². The summed E-state index contributed by atoms with van der Waals surface area (Å²) >= 11 is 0. The molecule has 4 rings (SSSR count). The summed E-state index contributed by atoms with van der Waals surface area (Å²) in [6.45, 7) is 5.92. The Bertz CT molecular complexity index is 976. The number of ether oxygens (including phenoxy) is 2. The van der Waals surface area contributed by atoms with E-state index >= 15 is 0 Å². The SMILES string of the molecule is CCS(=O)(=O)N[C@H]1CCCN(C(=O)OC(C)C)[C@H]1COC1CC[C@@]2(c3ncc(F)cn3)CC2C1. The molecule has 1 aliphatic heterocycles. The molecule has 2 saturated carbocycles. The monoisotopic (exact) mass is 498 g/mol. The second kappa shape index (κ2) is 10.0. The zero-order valence-corrected chi connectivity index (χ0v) is 20.9. The van der Waals surface area contributed by atoms with Gasteiger partial charge >= 0.3 is 6.09 Å². The molecule has 3 fully saturated rings. The number of carbonyl (C=O) groups excluding carboxylic acids is 1. The Labute approximate surface area is 200 Å². The molecule has 9 nitrogen and oxygen atoms in total. The van der Waals surface area contributed by atoms with Crippen molar-refractivity contribution in [3.05, 3.63) is 24.0 Å². The number of amides is 1. The van der Waals surface area contributed by atoms with Crippen LogP contribution in [0.25, 0.3) is 0 Å². The largest absolute Gasteiger partial charge is 0.447 e. The number of fused-ring (bicyclic) bond motifs is 1. The summed E-state index contributed by atoms with van der Waals surface area (Å²) in [5.74, 6) is 0.641. The van der Waals surface area contributed by atoms with Crippen LogP contribution in [-0.2, 0) is 24.9 Å². The van der Waals surface area contributed by atoms with Crippen molar-refractivity contribution in [1.82, 2.24) is 19.6 Å². The number of nitrogens with one attached hydrogen (secondary N) is 1. The number of rotatable bonds is 8. The van der Waals surface area contributed by atoms with Crippen LogP contribution in [0, 0.1) is 11.7 Å². The van der Waals surface area contributed by atoms with Crippen molar-refractivity contribution in [3.63, 3.8) is 0 Å². The molecule has 1 aromatic heterocycles. The van der Waals surface area contributed by atoms with Crippen molar-refractivity contribution in [3.8, 4) is 0 Å². The summed E-state index contributed by atoms with van der Waals surface area (Å²) in [4.78, 5) is 22.8. The predicted octanol–water partition coefficient (Wildman–Crippen LogP) is 2.76. The molecule has 5 atom stereocenters. The quantitative estimate of drug-likeness (QED) is 0.587. The van der Waals surface area contributed by atoms with Gasteiger partial charge in [0.05, 0.1) is 43.0 Å². The highest BCUT2D eigenvalue weighted by Crippen LogP contribution is 2.61. The maximum atomic E-state index is 13.2. The second-order valence-corrected chi connectivity index (χ2v) is 12.0. The van der Waals surface area contributed by atoms with Crippen LogP contribution in [0.4, 0.5) is 9.18 Å². The molecule has 2 heterocycles. The van der Waals surface area contributed by atoms with Crippen molar-refractivity contribution >= 4 is 16.1 Å². The van der Waals surface area contributed by atoms with Crippen molar-refractivity contribution in [1.29, 1.82) is 0 Å². The predicted molar refractivity (Wildman–Crippen MR) is 123 cm³/mol. The first-order chi connectivity index (χ1) is 16.1. The Morgan fingerprint density at radius 2 is 2.06 bits per heavy atom. The van der Waals surface area contributed by atoms with Crippen LogP contribution in [0.3, 0.4) is 0 Å². The molecule has 11 heteroatoms. The molecule has 1 saturated heterocycles. The van der Waals surface area contributed by atoms with Crippen molar-refractivity contribution < 1.29 is 27.1 Å². The maximum absolute atomic E-state index is 13.2. The van der Waals surface area contributed by atoms with Gasteiger partial charge in [-0.25, -0.2) is 32.3 Å². The van der Waals surface area contributed by atoms with E-state index in [1.807, 2.05) is 0 Å². The molecular formula is C23H35FN4O5S. The van der Waals surface area contributed by atoms with Gasteiger partial charge in [0.1, 0.15) is 5.82 Å². The molecular weight excluding hydrogens is 463 g/mol. The summed E-state index contributed by atoms with van der Waals surface area (Å²) < 4.78 is 52.3. The number of hydrogen-bond acceptors (Lipinski definition) is 7. The number of hydrogen-bond donors (Lipinski definition) is 1. The summed E-state index contributed by atoms with van der Waals surface area (Å²) in [7, 11) is -3.44. The number of nitrogens with zero attached hydrogens (tertiary/aromatic N) is 3. The third-order valence-corrected chi connectivity index (χ3v) is 8.74. The van der Waals surface area contributed by atoms with Gasteiger partial charge in [-0.05, 0) is 65.2 Å². The zero-order chi connectivity index (χ0) is 24.5. The molecule has 0 aromatic carbocycles. The van der Waals surface area contributed by atoms with Gasteiger partial charge in [0.15, 0.2) is 5.82 Å². The van der Waals surface area contributed by atoms with E-state index in [0.717, 1.165) is 25.7 Å². The molecule has 2 aliphatic carbocycles. The second-order valence-electron chi connectivity index (χ2n) is 9.98. The molecule has 1 N–H and O–H groups in total. The zero-order valence-electron chi connectivity index (χ0n) is 20.1. The molecule has 3 aliphatic rings. The lowest BCUT2D eigenvalue weighted by molar-refractivity contribution is -0.0308. The molecule has 0 radical (unpaired) electrons. The van der Waals surface area contributed by atoms with E-state index in [-0.39, 0.29) is 30.0 Å². The van der Waals surface area contributed by atoms with Crippen LogP contribution in [0.5, 0.6) is 0 Å². The summed E-state index contributed by atoms with van der Waals surface area (Å²) in [6, 6.07) is -0.859. The van der Waals surface area contributed by atoms with Crippen LogP contribution in [0.2, 0.25) is 0 Å². The van der Waals surface area contributed by atoms with Gasteiger partial charge in [0, 0.05) is 18.0 Å². The van der Waals surface area contributed by atoms with Gasteiger partial charge in [0.25, 0.3) is 0 Å². The lowest BCUT2D eigenvalue weighted by Gasteiger charge is -2.41. The van der Waals surface area contributed by atoms with Crippen LogP contribution < -0.4 is 4.72 Å². The van der Waals surface area contributed by atoms with Gasteiger partial charge in [-0.1, -0.05) is 0 Å². The molecule has 0 spiro atoms. The molecule has 1 amide bonds. The Morgan fingerprint density at radius 1 is 1.32 bits per heavy atom.